The summed E-state index contributed by atoms with van der Waals surface area (Å²) in [6, 6.07) is 0. The van der Waals surface area contributed by atoms with Crippen LogP contribution in [-0.2, 0) is 23.8 Å². The van der Waals surface area contributed by atoms with Crippen LogP contribution in [0.1, 0.15) is 265 Å². The van der Waals surface area contributed by atoms with Crippen molar-refractivity contribution in [2.24, 2.45) is 0 Å². The molecule has 0 spiro atoms. The molecular weight excluding hydrogens is 813 g/mol. The fourth-order valence-electron chi connectivity index (χ4n) is 7.75. The minimum atomic E-state index is -0.569. The fourth-order valence-corrected chi connectivity index (χ4v) is 7.75. The van der Waals surface area contributed by atoms with Crippen LogP contribution in [0.4, 0.5) is 0 Å². The fraction of sp³-hybridized carbons (Fsp3) is 0.738. The number of unbranched alkanes of at least 4 members (excludes halogenated alkanes) is 26. The topological polar surface area (TPSA) is 61.8 Å². The normalized spacial score (nSPS) is 12.8. The minimum Gasteiger partial charge on any atom is -0.462 e. The molecule has 5 heteroatoms. The molecule has 0 saturated carbocycles. The van der Waals surface area contributed by atoms with E-state index >= 15 is 0 Å². The van der Waals surface area contributed by atoms with Crippen LogP contribution in [0.25, 0.3) is 0 Å². The highest BCUT2D eigenvalue weighted by atomic mass is 16.6. The lowest BCUT2D eigenvalue weighted by Gasteiger charge is -2.18. The maximum atomic E-state index is 12.8. The van der Waals surface area contributed by atoms with Crippen molar-refractivity contribution in [1.82, 2.24) is 0 Å². The second kappa shape index (κ2) is 56.4. The lowest BCUT2D eigenvalue weighted by atomic mass is 10.0. The maximum absolute atomic E-state index is 12.8. The molecule has 0 aromatic carbocycles. The highest BCUT2D eigenvalue weighted by molar-refractivity contribution is 5.70. The van der Waals surface area contributed by atoms with E-state index in [0.29, 0.717) is 19.4 Å². The molecule has 0 aliphatic carbocycles. The van der Waals surface area contributed by atoms with Crippen molar-refractivity contribution in [2.45, 2.75) is 271 Å². The van der Waals surface area contributed by atoms with Gasteiger partial charge >= 0.3 is 11.9 Å². The smallest absolute Gasteiger partial charge is 0.306 e. The van der Waals surface area contributed by atoms with E-state index in [1.807, 2.05) is 0 Å². The lowest BCUT2D eigenvalue weighted by Crippen LogP contribution is -2.30. The van der Waals surface area contributed by atoms with Crippen LogP contribution in [0.3, 0.4) is 0 Å². The Balaban J connectivity index is 4.34. The Bertz CT molecular complexity index is 1220. The van der Waals surface area contributed by atoms with Crippen LogP contribution >= 0.6 is 0 Å². The van der Waals surface area contributed by atoms with E-state index in [9.17, 15) is 9.59 Å². The number of carbonyl (C=O) groups excluding carboxylic acids is 2. The van der Waals surface area contributed by atoms with E-state index in [0.717, 1.165) is 83.5 Å². The molecule has 0 radical (unpaired) electrons. The van der Waals surface area contributed by atoms with Crippen molar-refractivity contribution in [3.8, 4) is 0 Å². The van der Waals surface area contributed by atoms with Crippen molar-refractivity contribution < 1.29 is 23.8 Å². The summed E-state index contributed by atoms with van der Waals surface area (Å²) < 4.78 is 17.4. The van der Waals surface area contributed by atoms with Crippen LogP contribution in [-0.4, -0.2) is 37.9 Å². The van der Waals surface area contributed by atoms with Gasteiger partial charge in [-0.1, -0.05) is 247 Å². The van der Waals surface area contributed by atoms with Gasteiger partial charge in [0.05, 0.1) is 6.61 Å². The first-order chi connectivity index (χ1) is 32.6. The van der Waals surface area contributed by atoms with Gasteiger partial charge in [0.25, 0.3) is 0 Å². The number of carbonyl (C=O) groups is 2. The Morgan fingerprint density at radius 3 is 1.17 bits per heavy atom. The van der Waals surface area contributed by atoms with E-state index in [2.05, 4.69) is 106 Å². The summed E-state index contributed by atoms with van der Waals surface area (Å²) in [6.45, 7) is 7.65. The minimum absolute atomic E-state index is 0.0596. The van der Waals surface area contributed by atoms with Crippen molar-refractivity contribution >= 4 is 11.9 Å². The molecule has 66 heavy (non-hydrogen) atoms. The standard InChI is InChI=1S/C61H106O5/c1-4-7-10-13-16-19-22-25-28-30-31-33-34-36-39-42-45-48-51-54-60(62)65-58-59(57-64-56-53-50-47-44-41-38-27-24-21-18-15-12-9-6-3)66-61(63)55-52-49-46-43-40-37-35-32-29-26-23-20-17-14-11-8-5-2/h8,11,16-17,19-20,25-26,28-29,35,37,43,46,59H,4-7,9-10,12-15,18,21-24,27,30-34,36,38-42,44-45,47-58H2,1-3H3/b11-8-,19-16-,20-17-,28-25-,29-26-,37-35-,46-43-. The van der Waals surface area contributed by atoms with E-state index < -0.39 is 6.10 Å². The zero-order valence-corrected chi connectivity index (χ0v) is 43.7. The lowest BCUT2D eigenvalue weighted by molar-refractivity contribution is -0.162. The highest BCUT2D eigenvalue weighted by Crippen LogP contribution is 2.15. The number of rotatable bonds is 51. The first-order valence-electron chi connectivity index (χ1n) is 28.1. The second-order valence-electron chi connectivity index (χ2n) is 18.5. The summed E-state index contributed by atoms with van der Waals surface area (Å²) in [7, 11) is 0. The largest absolute Gasteiger partial charge is 0.462 e. The Labute approximate surface area is 409 Å². The molecule has 0 aliphatic rings. The molecule has 1 atom stereocenters. The third kappa shape index (κ3) is 53.7. The molecule has 0 fully saturated rings. The van der Waals surface area contributed by atoms with Gasteiger partial charge in [-0.3, -0.25) is 9.59 Å². The molecule has 0 aliphatic heterocycles. The number of esters is 2. The Morgan fingerprint density at radius 1 is 0.348 bits per heavy atom. The van der Waals surface area contributed by atoms with E-state index in [1.165, 1.54) is 148 Å². The molecule has 0 bridgehead atoms. The van der Waals surface area contributed by atoms with Crippen LogP contribution in [0.2, 0.25) is 0 Å². The SMILES string of the molecule is CC/C=C\C/C=C\C/C=C\C/C=C\C/C=C\CCCC(=O)OC(COCCCCCCCCCCCCCCCC)COC(=O)CCCCCCCCCCC/C=C\C/C=C\CCCCC. The van der Waals surface area contributed by atoms with Crippen molar-refractivity contribution in [3.63, 3.8) is 0 Å². The molecule has 0 saturated heterocycles. The Morgan fingerprint density at radius 2 is 0.697 bits per heavy atom. The Hall–Kier alpha value is -2.92. The summed E-state index contributed by atoms with van der Waals surface area (Å²) >= 11 is 0. The predicted octanol–water partition coefficient (Wildman–Crippen LogP) is 19.2. The molecule has 1 unspecified atom stereocenters. The summed E-state index contributed by atoms with van der Waals surface area (Å²) in [6.07, 6.45) is 74.6. The molecule has 0 aromatic rings. The third-order valence-corrected chi connectivity index (χ3v) is 11.9. The predicted molar refractivity (Wildman–Crippen MR) is 288 cm³/mol. The summed E-state index contributed by atoms with van der Waals surface area (Å²) in [5, 5.41) is 0. The van der Waals surface area contributed by atoms with Crippen LogP contribution in [0.15, 0.2) is 85.1 Å². The van der Waals surface area contributed by atoms with Gasteiger partial charge in [0.1, 0.15) is 6.61 Å². The molecule has 5 nitrogen and oxygen atoms in total. The van der Waals surface area contributed by atoms with Gasteiger partial charge in [0, 0.05) is 19.4 Å². The number of hydrogen-bond acceptors (Lipinski definition) is 5. The number of ether oxygens (including phenoxy) is 3. The molecular formula is C61H106O5. The molecule has 0 heterocycles. The van der Waals surface area contributed by atoms with Gasteiger partial charge in [0.15, 0.2) is 6.10 Å². The van der Waals surface area contributed by atoms with E-state index in [4.69, 9.17) is 14.2 Å². The van der Waals surface area contributed by atoms with E-state index in [1.54, 1.807) is 0 Å². The monoisotopic (exact) mass is 919 g/mol. The third-order valence-electron chi connectivity index (χ3n) is 11.9. The van der Waals surface area contributed by atoms with Crippen molar-refractivity contribution in [3.05, 3.63) is 85.1 Å². The number of allylic oxidation sites excluding steroid dienone is 14. The van der Waals surface area contributed by atoms with E-state index in [-0.39, 0.29) is 25.2 Å². The van der Waals surface area contributed by atoms with Gasteiger partial charge in [-0.15, -0.1) is 0 Å². The summed E-state index contributed by atoms with van der Waals surface area (Å²) in [5.41, 5.74) is 0. The molecule has 0 rings (SSSR count). The van der Waals surface area contributed by atoms with Gasteiger partial charge in [0.2, 0.25) is 0 Å². The molecule has 0 amide bonds. The maximum Gasteiger partial charge on any atom is 0.306 e. The zero-order chi connectivity index (χ0) is 47.7. The first-order valence-corrected chi connectivity index (χ1v) is 28.1. The van der Waals surface area contributed by atoms with Gasteiger partial charge in [-0.2, -0.15) is 0 Å². The zero-order valence-electron chi connectivity index (χ0n) is 43.7. The van der Waals surface area contributed by atoms with Gasteiger partial charge in [-0.25, -0.2) is 0 Å². The first kappa shape index (κ1) is 63.1. The quantitative estimate of drug-likeness (QED) is 0.0346. The average Bonchev–Trinajstić information content (AvgIpc) is 3.32. The summed E-state index contributed by atoms with van der Waals surface area (Å²) in [5.74, 6) is -0.463. The van der Waals surface area contributed by atoms with Crippen molar-refractivity contribution in [2.75, 3.05) is 19.8 Å². The second-order valence-corrected chi connectivity index (χ2v) is 18.5. The molecule has 0 N–H and O–H groups in total. The van der Waals surface area contributed by atoms with Crippen LogP contribution in [0.5, 0.6) is 0 Å². The summed E-state index contributed by atoms with van der Waals surface area (Å²) in [4.78, 5) is 25.5. The van der Waals surface area contributed by atoms with Gasteiger partial charge in [-0.05, 0) is 89.9 Å². The molecule has 0 aromatic heterocycles. The van der Waals surface area contributed by atoms with Gasteiger partial charge < -0.3 is 14.2 Å². The molecule has 380 valence electrons. The average molecular weight is 920 g/mol. The van der Waals surface area contributed by atoms with Crippen LogP contribution < -0.4 is 0 Å². The number of hydrogen-bond donors (Lipinski definition) is 0. The highest BCUT2D eigenvalue weighted by Gasteiger charge is 2.17. The van der Waals surface area contributed by atoms with Crippen molar-refractivity contribution in [1.29, 1.82) is 0 Å². The Kier molecular flexibility index (Phi) is 53.9. The van der Waals surface area contributed by atoms with Crippen LogP contribution in [0, 0.1) is 0 Å².